The number of rotatable bonds is 3. The molecule has 3 rings (SSSR count). The molecule has 0 saturated carbocycles. The minimum Gasteiger partial charge on any atom is -0.341 e. The summed E-state index contributed by atoms with van der Waals surface area (Å²) in [6.45, 7) is 5.41. The van der Waals surface area contributed by atoms with E-state index in [1.54, 1.807) is 31.0 Å². The van der Waals surface area contributed by atoms with Gasteiger partial charge in [0.25, 0.3) is 5.91 Å². The van der Waals surface area contributed by atoms with Gasteiger partial charge in [-0.2, -0.15) is 18.4 Å². The van der Waals surface area contributed by atoms with Gasteiger partial charge in [0.2, 0.25) is 0 Å². The fourth-order valence-corrected chi connectivity index (χ4v) is 4.03. The molecule has 8 heteroatoms. The van der Waals surface area contributed by atoms with Gasteiger partial charge in [-0.15, -0.1) is 0 Å². The zero-order valence-corrected chi connectivity index (χ0v) is 17.3. The largest absolute Gasteiger partial charge is 0.417 e. The summed E-state index contributed by atoms with van der Waals surface area (Å²) in [6.07, 6.45) is -3.64. The molecular weight excluding hydrogens is 393 g/mol. The van der Waals surface area contributed by atoms with E-state index in [0.717, 1.165) is 11.6 Å². The fourth-order valence-electron chi connectivity index (χ4n) is 4.03. The number of hydrogen-bond acceptors (Lipinski definition) is 4. The highest BCUT2D eigenvalue weighted by Gasteiger charge is 2.47. The number of benzene rings is 1. The molecule has 0 N–H and O–H groups in total. The number of amides is 1. The molecule has 5 nitrogen and oxygen atoms in total. The molecule has 0 radical (unpaired) electrons. The first kappa shape index (κ1) is 21.6. The van der Waals surface area contributed by atoms with E-state index in [1.165, 1.54) is 11.8 Å². The Morgan fingerprint density at radius 3 is 2.60 bits per heavy atom. The molecule has 0 aliphatic carbocycles. The van der Waals surface area contributed by atoms with Crippen LogP contribution in [0.3, 0.4) is 0 Å². The van der Waals surface area contributed by atoms with Gasteiger partial charge in [0.1, 0.15) is 23.0 Å². The van der Waals surface area contributed by atoms with Crippen LogP contribution in [0.4, 0.5) is 24.7 Å². The third-order valence-electron chi connectivity index (χ3n) is 5.60. The molecule has 1 fully saturated rings. The first-order valence-electron chi connectivity index (χ1n) is 9.60. The van der Waals surface area contributed by atoms with Gasteiger partial charge >= 0.3 is 6.18 Å². The third-order valence-corrected chi connectivity index (χ3v) is 5.60. The average Bonchev–Trinajstić information content (AvgIpc) is 3.08. The van der Waals surface area contributed by atoms with Gasteiger partial charge in [-0.05, 0) is 57.4 Å². The number of carbonyl (C=O) groups is 1. The Labute approximate surface area is 173 Å². The number of aromatic nitrogens is 1. The van der Waals surface area contributed by atoms with Gasteiger partial charge in [-0.25, -0.2) is 4.98 Å². The van der Waals surface area contributed by atoms with Crippen LogP contribution >= 0.6 is 0 Å². The van der Waals surface area contributed by atoms with E-state index >= 15 is 0 Å². The van der Waals surface area contributed by atoms with Crippen molar-refractivity contribution in [1.29, 1.82) is 5.26 Å². The second kappa shape index (κ2) is 7.63. The van der Waals surface area contributed by atoms with E-state index in [1.807, 2.05) is 25.1 Å². The molecule has 1 saturated heterocycles. The average molecular weight is 416 g/mol. The maximum absolute atomic E-state index is 13.5. The SMILES string of the molecule is Cc1cccc(N(C)C(=O)C2(C)CCCN2c2nc(C)cc(C(F)(F)F)c2C#N)c1. The number of alkyl halides is 3. The van der Waals surface area contributed by atoms with Crippen LogP contribution in [0.15, 0.2) is 30.3 Å². The second-order valence-corrected chi connectivity index (χ2v) is 7.85. The predicted molar refractivity (Wildman–Crippen MR) is 108 cm³/mol. The quantitative estimate of drug-likeness (QED) is 0.733. The van der Waals surface area contributed by atoms with Crippen molar-refractivity contribution < 1.29 is 18.0 Å². The van der Waals surface area contributed by atoms with Crippen molar-refractivity contribution >= 4 is 17.4 Å². The number of anilines is 2. The van der Waals surface area contributed by atoms with Gasteiger partial charge in [0.15, 0.2) is 0 Å². The van der Waals surface area contributed by atoms with Crippen LogP contribution in [-0.4, -0.2) is 30.0 Å². The summed E-state index contributed by atoms with van der Waals surface area (Å²) in [5, 5.41) is 9.53. The van der Waals surface area contributed by atoms with Crippen molar-refractivity contribution in [3.05, 3.63) is 52.7 Å². The minimum absolute atomic E-state index is 0.0872. The fraction of sp³-hybridized carbons (Fsp3) is 0.409. The highest BCUT2D eigenvalue weighted by Crippen LogP contribution is 2.41. The van der Waals surface area contributed by atoms with E-state index in [-0.39, 0.29) is 17.4 Å². The zero-order valence-electron chi connectivity index (χ0n) is 17.3. The summed E-state index contributed by atoms with van der Waals surface area (Å²) >= 11 is 0. The number of carbonyl (C=O) groups excluding carboxylic acids is 1. The van der Waals surface area contributed by atoms with E-state index in [4.69, 9.17) is 0 Å². The van der Waals surface area contributed by atoms with Crippen molar-refractivity contribution in [2.75, 3.05) is 23.4 Å². The van der Waals surface area contributed by atoms with Gasteiger partial charge in [-0.3, -0.25) is 4.79 Å². The summed E-state index contributed by atoms with van der Waals surface area (Å²) in [6, 6.07) is 9.98. The molecule has 0 bridgehead atoms. The van der Waals surface area contributed by atoms with Crippen molar-refractivity contribution in [3.63, 3.8) is 0 Å². The van der Waals surface area contributed by atoms with Gasteiger partial charge in [0, 0.05) is 25.0 Å². The molecule has 1 aliphatic rings. The summed E-state index contributed by atoms with van der Waals surface area (Å²) in [4.78, 5) is 20.8. The molecule has 0 spiro atoms. The number of nitrogens with zero attached hydrogens (tertiary/aromatic N) is 4. The summed E-state index contributed by atoms with van der Waals surface area (Å²) in [5.74, 6) is -0.345. The summed E-state index contributed by atoms with van der Waals surface area (Å²) in [7, 11) is 1.65. The Morgan fingerprint density at radius 2 is 2.00 bits per heavy atom. The van der Waals surface area contributed by atoms with Crippen LogP contribution < -0.4 is 9.80 Å². The molecule has 158 valence electrons. The number of likely N-dealkylation sites (N-methyl/N-ethyl adjacent to an activating group) is 1. The van der Waals surface area contributed by atoms with Gasteiger partial charge < -0.3 is 9.80 Å². The van der Waals surface area contributed by atoms with Crippen LogP contribution in [0.1, 0.15) is 42.1 Å². The Morgan fingerprint density at radius 1 is 1.30 bits per heavy atom. The molecule has 1 unspecified atom stereocenters. The zero-order chi connectivity index (χ0) is 22.3. The minimum atomic E-state index is -4.69. The number of nitriles is 1. The van der Waals surface area contributed by atoms with Crippen LogP contribution in [0.2, 0.25) is 0 Å². The standard InChI is InChI=1S/C22H23F3N4O/c1-14-7-5-8-16(11-14)28(4)20(30)21(3)9-6-10-29(21)19-17(13-26)18(22(23,24)25)12-15(2)27-19/h5,7-8,11-12H,6,9-10H2,1-4H3. The summed E-state index contributed by atoms with van der Waals surface area (Å²) in [5.41, 5.74) is -0.865. The van der Waals surface area contributed by atoms with Crippen molar-refractivity contribution in [1.82, 2.24) is 4.98 Å². The lowest BCUT2D eigenvalue weighted by Gasteiger charge is -2.38. The monoisotopic (exact) mass is 416 g/mol. The number of hydrogen-bond donors (Lipinski definition) is 0. The number of halogens is 3. The molecule has 1 aromatic heterocycles. The van der Waals surface area contributed by atoms with E-state index < -0.39 is 22.8 Å². The summed E-state index contributed by atoms with van der Waals surface area (Å²) < 4.78 is 40.6. The highest BCUT2D eigenvalue weighted by atomic mass is 19.4. The normalized spacial score (nSPS) is 18.9. The molecule has 1 atom stereocenters. The lowest BCUT2D eigenvalue weighted by molar-refractivity contribution is -0.137. The van der Waals surface area contributed by atoms with Crippen LogP contribution in [-0.2, 0) is 11.0 Å². The molecule has 2 heterocycles. The lowest BCUT2D eigenvalue weighted by Crippen LogP contribution is -2.54. The maximum Gasteiger partial charge on any atom is 0.417 e. The maximum atomic E-state index is 13.5. The lowest BCUT2D eigenvalue weighted by atomic mass is 9.95. The first-order valence-corrected chi connectivity index (χ1v) is 9.60. The Balaban J connectivity index is 2.08. The van der Waals surface area contributed by atoms with Crippen molar-refractivity contribution in [2.45, 2.75) is 45.3 Å². The Hall–Kier alpha value is -3.08. The van der Waals surface area contributed by atoms with Crippen molar-refractivity contribution in [3.8, 4) is 6.07 Å². The number of pyridine rings is 1. The first-order chi connectivity index (χ1) is 14.0. The molecule has 1 aliphatic heterocycles. The smallest absolute Gasteiger partial charge is 0.341 e. The van der Waals surface area contributed by atoms with Crippen molar-refractivity contribution in [2.24, 2.45) is 0 Å². The number of aryl methyl sites for hydroxylation is 2. The predicted octanol–water partition coefficient (Wildman–Crippen LogP) is 4.61. The topological polar surface area (TPSA) is 60.2 Å². The third kappa shape index (κ3) is 3.72. The van der Waals surface area contributed by atoms with Gasteiger partial charge in [-0.1, -0.05) is 12.1 Å². The molecule has 30 heavy (non-hydrogen) atoms. The van der Waals surface area contributed by atoms with Crippen LogP contribution in [0.25, 0.3) is 0 Å². The van der Waals surface area contributed by atoms with E-state index in [2.05, 4.69) is 4.98 Å². The molecular formula is C22H23F3N4O. The van der Waals surface area contributed by atoms with Crippen LogP contribution in [0, 0.1) is 25.2 Å². The Kier molecular flexibility index (Phi) is 5.50. The molecule has 1 amide bonds. The molecule has 1 aromatic carbocycles. The second-order valence-electron chi connectivity index (χ2n) is 7.85. The van der Waals surface area contributed by atoms with Gasteiger partial charge in [0.05, 0.1) is 5.56 Å². The Bertz CT molecular complexity index is 1030. The van der Waals surface area contributed by atoms with E-state index in [0.29, 0.717) is 25.1 Å². The van der Waals surface area contributed by atoms with E-state index in [9.17, 15) is 23.2 Å². The van der Waals surface area contributed by atoms with Crippen LogP contribution in [0.5, 0.6) is 0 Å². The molecule has 2 aromatic rings. The highest BCUT2D eigenvalue weighted by molar-refractivity contribution is 6.02.